The van der Waals surface area contributed by atoms with Gasteiger partial charge in [0.15, 0.2) is 0 Å². The van der Waals surface area contributed by atoms with Gasteiger partial charge in [0.1, 0.15) is 4.90 Å². The number of benzene rings is 1. The third-order valence-electron chi connectivity index (χ3n) is 3.98. The van der Waals surface area contributed by atoms with Crippen molar-refractivity contribution in [1.29, 1.82) is 0 Å². The monoisotopic (exact) mass is 403 g/mol. The zero-order valence-electron chi connectivity index (χ0n) is 15.3. The summed E-state index contributed by atoms with van der Waals surface area (Å²) in [6.07, 6.45) is 0.651. The van der Waals surface area contributed by atoms with Gasteiger partial charge in [-0.1, -0.05) is 0 Å². The molecule has 0 aliphatic carbocycles. The largest absolute Gasteiger partial charge is 0.384 e. The second kappa shape index (κ2) is 10.5. The second-order valence-corrected chi connectivity index (χ2v) is 7.75. The first-order valence-electron chi connectivity index (χ1n) is 8.63. The molecule has 0 bridgehead atoms. The van der Waals surface area contributed by atoms with E-state index in [0.29, 0.717) is 51.7 Å². The van der Waals surface area contributed by atoms with Gasteiger partial charge in [0.25, 0.3) is 5.69 Å². The minimum Gasteiger partial charge on any atom is -0.384 e. The number of hydrogen-bond donors (Lipinski definition) is 1. The summed E-state index contributed by atoms with van der Waals surface area (Å²) in [7, 11) is -2.27. The van der Waals surface area contributed by atoms with Crippen LogP contribution < -0.4 is 5.32 Å². The highest BCUT2D eigenvalue weighted by Crippen LogP contribution is 2.29. The van der Waals surface area contributed by atoms with Crippen LogP contribution in [0.25, 0.3) is 0 Å². The van der Waals surface area contributed by atoms with Gasteiger partial charge < -0.3 is 19.5 Å². The zero-order chi connectivity index (χ0) is 19.7. The van der Waals surface area contributed by atoms with Gasteiger partial charge in [-0.25, -0.2) is 8.42 Å². The van der Waals surface area contributed by atoms with Crippen molar-refractivity contribution < 1.29 is 27.6 Å². The lowest BCUT2D eigenvalue weighted by Gasteiger charge is -2.27. The smallest absolute Gasteiger partial charge is 0.270 e. The van der Waals surface area contributed by atoms with E-state index in [2.05, 4.69) is 5.32 Å². The molecule has 0 radical (unpaired) electrons. The van der Waals surface area contributed by atoms with Gasteiger partial charge in [-0.15, -0.1) is 0 Å². The lowest BCUT2D eigenvalue weighted by Crippen LogP contribution is -2.40. The van der Waals surface area contributed by atoms with Gasteiger partial charge >= 0.3 is 0 Å². The molecule has 0 spiro atoms. The topological polar surface area (TPSA) is 120 Å². The van der Waals surface area contributed by atoms with Gasteiger partial charge in [0.05, 0.1) is 37.0 Å². The standard InChI is InChI=1S/C16H25N3O7S/c1-24-11-12-25-8-2-5-17-15-4-3-14(19(20)21)13-16(15)27(22,23)18-6-9-26-10-7-18/h3-4,13,17H,2,5-12H2,1H3. The maximum Gasteiger partial charge on any atom is 0.270 e. The van der Waals surface area contributed by atoms with Crippen LogP contribution in [0.4, 0.5) is 11.4 Å². The van der Waals surface area contributed by atoms with Crippen LogP contribution in [0, 0.1) is 10.1 Å². The zero-order valence-corrected chi connectivity index (χ0v) is 16.1. The predicted octanol–water partition coefficient (Wildman–Crippen LogP) is 1.08. The first-order valence-corrected chi connectivity index (χ1v) is 10.1. The summed E-state index contributed by atoms with van der Waals surface area (Å²) in [6.45, 7) is 3.01. The number of morpholine rings is 1. The van der Waals surface area contributed by atoms with Gasteiger partial charge in [-0.3, -0.25) is 10.1 Å². The van der Waals surface area contributed by atoms with Crippen molar-refractivity contribution >= 4 is 21.4 Å². The first kappa shape index (κ1) is 21.5. The predicted molar refractivity (Wildman–Crippen MR) is 98.5 cm³/mol. The Morgan fingerprint density at radius 3 is 2.67 bits per heavy atom. The fourth-order valence-electron chi connectivity index (χ4n) is 2.55. The molecule has 1 aromatic rings. The minimum absolute atomic E-state index is 0.0982. The van der Waals surface area contributed by atoms with Gasteiger partial charge in [-0.05, 0) is 12.5 Å². The molecule has 1 aliphatic heterocycles. The molecule has 1 heterocycles. The van der Waals surface area contributed by atoms with E-state index in [9.17, 15) is 18.5 Å². The van der Waals surface area contributed by atoms with E-state index in [1.54, 1.807) is 7.11 Å². The number of anilines is 1. The summed E-state index contributed by atoms with van der Waals surface area (Å²) in [6, 6.07) is 3.81. The maximum absolute atomic E-state index is 13.0. The molecular weight excluding hydrogens is 378 g/mol. The molecular formula is C16H25N3O7S. The first-order chi connectivity index (χ1) is 13.0. The molecule has 11 heteroatoms. The Morgan fingerprint density at radius 2 is 2.00 bits per heavy atom. The highest BCUT2D eigenvalue weighted by atomic mass is 32.2. The molecule has 0 amide bonds. The summed E-state index contributed by atoms with van der Waals surface area (Å²) >= 11 is 0. The van der Waals surface area contributed by atoms with Crippen LogP contribution in [0.2, 0.25) is 0 Å². The third-order valence-corrected chi connectivity index (χ3v) is 5.92. The summed E-state index contributed by atoms with van der Waals surface area (Å²) < 4.78 is 42.6. The van der Waals surface area contributed by atoms with E-state index >= 15 is 0 Å². The number of ether oxygens (including phenoxy) is 3. The normalized spacial score (nSPS) is 15.6. The number of hydrogen-bond acceptors (Lipinski definition) is 8. The van der Waals surface area contributed by atoms with E-state index in [1.165, 1.54) is 16.4 Å². The van der Waals surface area contributed by atoms with Crippen LogP contribution in [-0.2, 0) is 24.2 Å². The van der Waals surface area contributed by atoms with Crippen molar-refractivity contribution in [3.05, 3.63) is 28.3 Å². The molecule has 1 fully saturated rings. The van der Waals surface area contributed by atoms with E-state index in [1.807, 2.05) is 0 Å². The van der Waals surface area contributed by atoms with Crippen molar-refractivity contribution in [2.24, 2.45) is 0 Å². The second-order valence-electron chi connectivity index (χ2n) is 5.84. The van der Waals surface area contributed by atoms with Crippen LogP contribution in [0.3, 0.4) is 0 Å². The minimum atomic E-state index is -3.86. The molecule has 1 aliphatic rings. The molecule has 0 atom stereocenters. The van der Waals surface area contributed by atoms with Crippen molar-refractivity contribution in [1.82, 2.24) is 4.31 Å². The number of nitrogens with one attached hydrogen (secondary N) is 1. The summed E-state index contributed by atoms with van der Waals surface area (Å²) in [4.78, 5) is 10.4. The molecule has 0 saturated carbocycles. The molecule has 0 aromatic heterocycles. The van der Waals surface area contributed by atoms with Crippen LogP contribution in [0.1, 0.15) is 6.42 Å². The van der Waals surface area contributed by atoms with Crippen molar-refractivity contribution in [2.45, 2.75) is 11.3 Å². The quantitative estimate of drug-likeness (QED) is 0.331. The molecule has 10 nitrogen and oxygen atoms in total. The highest BCUT2D eigenvalue weighted by molar-refractivity contribution is 7.89. The lowest BCUT2D eigenvalue weighted by atomic mass is 10.2. The molecule has 1 saturated heterocycles. The number of nitro groups is 1. The summed E-state index contributed by atoms with van der Waals surface area (Å²) in [5, 5.41) is 14.1. The van der Waals surface area contributed by atoms with Crippen molar-refractivity contribution in [2.75, 3.05) is 65.1 Å². The fourth-order valence-corrected chi connectivity index (χ4v) is 4.15. The Morgan fingerprint density at radius 1 is 1.26 bits per heavy atom. The molecule has 2 rings (SSSR count). The summed E-state index contributed by atoms with van der Waals surface area (Å²) in [5.41, 5.74) is 0.0688. The van der Waals surface area contributed by atoms with E-state index in [0.717, 1.165) is 6.07 Å². The number of rotatable bonds is 11. The molecule has 1 aromatic carbocycles. The van der Waals surface area contributed by atoms with Crippen molar-refractivity contribution in [3.8, 4) is 0 Å². The van der Waals surface area contributed by atoms with Gasteiger partial charge in [0.2, 0.25) is 10.0 Å². The average molecular weight is 403 g/mol. The lowest BCUT2D eigenvalue weighted by molar-refractivity contribution is -0.385. The fraction of sp³-hybridized carbons (Fsp3) is 0.625. The number of sulfonamides is 1. The van der Waals surface area contributed by atoms with Crippen LogP contribution in [0.5, 0.6) is 0 Å². The van der Waals surface area contributed by atoms with E-state index in [-0.39, 0.29) is 23.7 Å². The van der Waals surface area contributed by atoms with Crippen LogP contribution in [0.15, 0.2) is 23.1 Å². The Hall–Kier alpha value is -1.79. The average Bonchev–Trinajstić information content (AvgIpc) is 2.68. The molecule has 0 unspecified atom stereocenters. The Kier molecular flexibility index (Phi) is 8.38. The Labute approximate surface area is 158 Å². The van der Waals surface area contributed by atoms with E-state index in [4.69, 9.17) is 14.2 Å². The number of methoxy groups -OCH3 is 1. The van der Waals surface area contributed by atoms with Crippen LogP contribution >= 0.6 is 0 Å². The van der Waals surface area contributed by atoms with Gasteiger partial charge in [-0.2, -0.15) is 4.31 Å². The Bertz CT molecular complexity index is 721. The van der Waals surface area contributed by atoms with Crippen molar-refractivity contribution in [3.63, 3.8) is 0 Å². The maximum atomic E-state index is 13.0. The molecule has 1 N–H and O–H groups in total. The molecule has 27 heavy (non-hydrogen) atoms. The summed E-state index contributed by atoms with van der Waals surface area (Å²) in [5.74, 6) is 0. The third kappa shape index (κ3) is 6.11. The number of nitrogens with zero attached hydrogens (tertiary/aromatic N) is 2. The SMILES string of the molecule is COCCOCCCNc1ccc([N+](=O)[O-])cc1S(=O)(=O)N1CCOCC1. The van der Waals surface area contributed by atoms with Gasteiger partial charge in [0, 0.05) is 45.5 Å². The number of non-ortho nitro benzene ring substituents is 1. The highest BCUT2D eigenvalue weighted by Gasteiger charge is 2.30. The number of nitro benzene ring substituents is 1. The molecule has 152 valence electrons. The van der Waals surface area contributed by atoms with Crippen LogP contribution in [-0.4, -0.2) is 77.4 Å². The van der Waals surface area contributed by atoms with E-state index < -0.39 is 14.9 Å². The Balaban J connectivity index is 2.10.